The van der Waals surface area contributed by atoms with Crippen molar-refractivity contribution in [2.24, 2.45) is 28.6 Å². The van der Waals surface area contributed by atoms with Crippen molar-refractivity contribution in [3.8, 4) is 0 Å². The highest BCUT2D eigenvalue weighted by Gasteiger charge is 2.78. The topological polar surface area (TPSA) is 82.1 Å². The Bertz CT molecular complexity index is 976. The summed E-state index contributed by atoms with van der Waals surface area (Å²) >= 11 is 0. The van der Waals surface area contributed by atoms with Gasteiger partial charge in [-0.05, 0) is 63.0 Å². The molecule has 0 amide bonds. The highest BCUT2D eigenvalue weighted by atomic mass is 19.1. The zero-order valence-electron chi connectivity index (χ0n) is 20.9. The SMILES string of the molecule is CCCC1(OC)OCC(=O)[C@@]2(O1)[C@H](C)C[C@H]1[C@@H]3CCC4=CC(=O)C=C[C@]4(C)[C@@]3(F)[C@@H](O)C[C@@]12C. The molecule has 9 atom stereocenters. The molecule has 5 aliphatic rings. The van der Waals surface area contributed by atoms with Crippen molar-refractivity contribution in [3.05, 3.63) is 23.8 Å². The van der Waals surface area contributed by atoms with E-state index in [1.165, 1.54) is 13.2 Å². The maximum Gasteiger partial charge on any atom is 0.284 e. The van der Waals surface area contributed by atoms with Crippen LogP contribution in [0.3, 0.4) is 0 Å². The van der Waals surface area contributed by atoms with Gasteiger partial charge in [0.1, 0.15) is 12.2 Å². The van der Waals surface area contributed by atoms with Gasteiger partial charge in [0.2, 0.25) is 0 Å². The Morgan fingerprint density at radius 1 is 1.26 bits per heavy atom. The standard InChI is InChI=1S/C27H37FO6/c1-6-10-25(32-5)33-15-22(31)27(34-25)16(2)12-20-19-8-7-17-13-18(29)9-11-23(17,3)26(19,28)21(30)14-24(20,27)4/h9,11,13,16,19-21,30H,6-8,10,12,14-15H2,1-5H3/t16-,19+,20+,21+,23+,24+,25?,26+,27+/m1/s1. The van der Waals surface area contributed by atoms with E-state index in [1.54, 1.807) is 19.1 Å². The quantitative estimate of drug-likeness (QED) is 0.662. The van der Waals surface area contributed by atoms with Gasteiger partial charge >= 0.3 is 0 Å². The predicted octanol–water partition coefficient (Wildman–Crippen LogP) is 4.06. The molecule has 7 heteroatoms. The van der Waals surface area contributed by atoms with E-state index >= 15 is 4.39 Å². The molecule has 34 heavy (non-hydrogen) atoms. The van der Waals surface area contributed by atoms with E-state index in [9.17, 15) is 14.7 Å². The maximum absolute atomic E-state index is 17.4. The molecular formula is C27H37FO6. The molecule has 1 N–H and O–H groups in total. The van der Waals surface area contributed by atoms with Crippen LogP contribution in [0.2, 0.25) is 0 Å². The largest absolute Gasteiger partial charge is 0.390 e. The highest BCUT2D eigenvalue weighted by Crippen LogP contribution is 2.72. The van der Waals surface area contributed by atoms with Crippen LogP contribution in [0.4, 0.5) is 4.39 Å². The third-order valence-corrected chi connectivity index (χ3v) is 10.2. The fourth-order valence-corrected chi connectivity index (χ4v) is 8.59. The lowest BCUT2D eigenvalue weighted by molar-refractivity contribution is -0.431. The van der Waals surface area contributed by atoms with E-state index in [0.717, 1.165) is 12.0 Å². The predicted molar refractivity (Wildman–Crippen MR) is 122 cm³/mol. The highest BCUT2D eigenvalue weighted by molar-refractivity contribution is 6.01. The van der Waals surface area contributed by atoms with Crippen molar-refractivity contribution in [3.63, 3.8) is 0 Å². The molecule has 3 saturated carbocycles. The molecule has 1 saturated heterocycles. The summed E-state index contributed by atoms with van der Waals surface area (Å²) < 4.78 is 35.5. The second-order valence-corrected chi connectivity index (χ2v) is 11.6. The molecule has 1 heterocycles. The molecule has 0 aromatic carbocycles. The second-order valence-electron chi connectivity index (χ2n) is 11.6. The number of ether oxygens (including phenoxy) is 3. The molecule has 1 spiro atoms. The number of hydrogen-bond donors (Lipinski definition) is 1. The van der Waals surface area contributed by atoms with Gasteiger partial charge in [0.25, 0.3) is 5.97 Å². The number of carbonyl (C=O) groups excluding carboxylic acids is 2. The number of aliphatic hydroxyl groups excluding tert-OH is 1. The van der Waals surface area contributed by atoms with Gasteiger partial charge in [-0.15, -0.1) is 0 Å². The monoisotopic (exact) mass is 476 g/mol. The zero-order valence-corrected chi connectivity index (χ0v) is 20.9. The Morgan fingerprint density at radius 3 is 2.68 bits per heavy atom. The summed E-state index contributed by atoms with van der Waals surface area (Å²) in [6.45, 7) is 7.67. The van der Waals surface area contributed by atoms with Crippen molar-refractivity contribution >= 4 is 11.6 Å². The number of alkyl halides is 1. The Balaban J connectivity index is 1.61. The molecule has 1 unspecified atom stereocenters. The number of aliphatic hydroxyl groups is 1. The van der Waals surface area contributed by atoms with Crippen LogP contribution in [0.5, 0.6) is 0 Å². The Kier molecular flexibility index (Phi) is 5.39. The van der Waals surface area contributed by atoms with Crippen LogP contribution in [0.25, 0.3) is 0 Å². The van der Waals surface area contributed by atoms with Gasteiger partial charge in [0.15, 0.2) is 17.2 Å². The fourth-order valence-electron chi connectivity index (χ4n) is 8.59. The Hall–Kier alpha value is -1.41. The first-order valence-electron chi connectivity index (χ1n) is 12.7. The zero-order chi connectivity index (χ0) is 24.7. The number of allylic oxidation sites excluding steroid dienone is 4. The molecule has 5 rings (SSSR count). The molecule has 6 nitrogen and oxygen atoms in total. The first kappa shape index (κ1) is 24.3. The van der Waals surface area contributed by atoms with E-state index < -0.39 is 40.1 Å². The molecule has 188 valence electrons. The number of ketones is 2. The smallest absolute Gasteiger partial charge is 0.284 e. The van der Waals surface area contributed by atoms with Crippen LogP contribution in [-0.4, -0.2) is 53.7 Å². The van der Waals surface area contributed by atoms with E-state index in [0.29, 0.717) is 25.7 Å². The number of methoxy groups -OCH3 is 1. The number of carbonyl (C=O) groups is 2. The number of rotatable bonds is 3. The van der Waals surface area contributed by atoms with Crippen molar-refractivity contribution in [1.29, 1.82) is 0 Å². The molecular weight excluding hydrogens is 439 g/mol. The van der Waals surface area contributed by atoms with Crippen molar-refractivity contribution in [2.45, 2.75) is 89.6 Å². The average Bonchev–Trinajstić information content (AvgIpc) is 3.00. The molecule has 0 aromatic heterocycles. The minimum atomic E-state index is -1.93. The third-order valence-electron chi connectivity index (χ3n) is 10.2. The average molecular weight is 477 g/mol. The Morgan fingerprint density at radius 2 is 2.00 bits per heavy atom. The van der Waals surface area contributed by atoms with Crippen molar-refractivity contribution in [1.82, 2.24) is 0 Å². The lowest BCUT2D eigenvalue weighted by atomic mass is 9.44. The summed E-state index contributed by atoms with van der Waals surface area (Å²) in [5.41, 5.74) is -4.24. The first-order chi connectivity index (χ1) is 15.9. The number of Topliss-reactive ketones (excluding diaryl/α,β-unsaturated/α-hetero) is 1. The molecule has 0 aromatic rings. The van der Waals surface area contributed by atoms with E-state index in [4.69, 9.17) is 14.2 Å². The summed E-state index contributed by atoms with van der Waals surface area (Å²) in [6, 6.07) is 0. The second kappa shape index (κ2) is 7.55. The summed E-state index contributed by atoms with van der Waals surface area (Å²) in [4.78, 5) is 25.7. The van der Waals surface area contributed by atoms with Gasteiger partial charge < -0.3 is 19.3 Å². The Labute approximate surface area is 200 Å². The lowest BCUT2D eigenvalue weighted by Crippen LogP contribution is -2.72. The van der Waals surface area contributed by atoms with Crippen LogP contribution < -0.4 is 0 Å². The summed E-state index contributed by atoms with van der Waals surface area (Å²) in [7, 11) is 1.52. The minimum Gasteiger partial charge on any atom is -0.390 e. The third kappa shape index (κ3) is 2.70. The van der Waals surface area contributed by atoms with Crippen LogP contribution in [0.1, 0.15) is 66.2 Å². The number of hydrogen-bond acceptors (Lipinski definition) is 6. The van der Waals surface area contributed by atoms with Gasteiger partial charge in [0, 0.05) is 30.3 Å². The molecule has 4 fully saturated rings. The van der Waals surface area contributed by atoms with E-state index in [-0.39, 0.29) is 36.4 Å². The van der Waals surface area contributed by atoms with Crippen LogP contribution in [0.15, 0.2) is 23.8 Å². The van der Waals surface area contributed by atoms with Crippen molar-refractivity contribution in [2.75, 3.05) is 13.7 Å². The molecule has 0 bridgehead atoms. The van der Waals surface area contributed by atoms with Crippen molar-refractivity contribution < 1.29 is 33.3 Å². The van der Waals surface area contributed by atoms with Gasteiger partial charge in [-0.25, -0.2) is 4.39 Å². The molecule has 1 aliphatic heterocycles. The van der Waals surface area contributed by atoms with E-state index in [1.807, 2.05) is 20.8 Å². The number of halogens is 1. The lowest BCUT2D eigenvalue weighted by Gasteiger charge is -2.63. The summed E-state index contributed by atoms with van der Waals surface area (Å²) in [5, 5.41) is 11.6. The molecule has 4 aliphatic carbocycles. The van der Waals surface area contributed by atoms with Gasteiger partial charge in [-0.3, -0.25) is 9.59 Å². The normalized spacial score (nSPS) is 52.3. The van der Waals surface area contributed by atoms with Gasteiger partial charge in [0.05, 0.1) is 6.10 Å². The minimum absolute atomic E-state index is 0.0946. The van der Waals surface area contributed by atoms with Gasteiger partial charge in [-0.1, -0.05) is 32.4 Å². The van der Waals surface area contributed by atoms with Gasteiger partial charge in [-0.2, -0.15) is 0 Å². The first-order valence-corrected chi connectivity index (χ1v) is 12.7. The van der Waals surface area contributed by atoms with Crippen LogP contribution >= 0.6 is 0 Å². The summed E-state index contributed by atoms with van der Waals surface area (Å²) in [6.07, 6.45) is 6.36. The van der Waals surface area contributed by atoms with E-state index in [2.05, 4.69) is 0 Å². The maximum atomic E-state index is 17.4. The van der Waals surface area contributed by atoms with Crippen LogP contribution in [-0.2, 0) is 23.8 Å². The van der Waals surface area contributed by atoms with Crippen LogP contribution in [0, 0.1) is 28.6 Å². The fraction of sp³-hybridized carbons (Fsp3) is 0.778. The summed E-state index contributed by atoms with van der Waals surface area (Å²) in [5.74, 6) is -2.44. The number of fused-ring (bicyclic) bond motifs is 6. The molecule has 0 radical (unpaired) electrons.